The lowest BCUT2D eigenvalue weighted by molar-refractivity contribution is -0.186. The topological polar surface area (TPSA) is 53.9 Å². The van der Waals surface area contributed by atoms with E-state index in [2.05, 4.69) is 29.7 Å². The van der Waals surface area contributed by atoms with Gasteiger partial charge in [-0.3, -0.25) is 4.84 Å². The highest BCUT2D eigenvalue weighted by molar-refractivity contribution is 5.14. The molecule has 0 aliphatic carbocycles. The van der Waals surface area contributed by atoms with E-state index in [1.165, 1.54) is 30.8 Å². The standard InChI is InChI=1S/C14H23N3O2.C6H4F2.C2H6/c1-3-7-14(19-17(2)16-18)10-11-15-12-13-8-5-4-6-9-13;7-5-2-1-3-6(8)4-5;1-2/h4-6,8-9,14-15H,3,7,10-12H2,1-2H3;1-4H;1-2H3. The molecule has 0 heterocycles. The van der Waals surface area contributed by atoms with Gasteiger partial charge in [0.05, 0.1) is 18.4 Å². The minimum absolute atomic E-state index is 0.0379. The third kappa shape index (κ3) is 14.3. The molecule has 162 valence electrons. The van der Waals surface area contributed by atoms with Gasteiger partial charge >= 0.3 is 0 Å². The molecular formula is C22H33F2N3O2. The van der Waals surface area contributed by atoms with Gasteiger partial charge in [0.2, 0.25) is 0 Å². The molecule has 1 atom stereocenters. The van der Waals surface area contributed by atoms with E-state index < -0.39 is 11.6 Å². The second-order valence-electron chi connectivity index (χ2n) is 5.95. The fourth-order valence-electron chi connectivity index (χ4n) is 2.36. The Hall–Kier alpha value is -2.38. The predicted octanol–water partition coefficient (Wildman–Crippen LogP) is 5.87. The van der Waals surface area contributed by atoms with Crippen molar-refractivity contribution in [3.63, 3.8) is 0 Å². The zero-order chi connectivity index (χ0) is 21.9. The smallest absolute Gasteiger partial charge is 0.126 e. The summed E-state index contributed by atoms with van der Waals surface area (Å²) < 4.78 is 23.9. The number of nitrogens with zero attached hydrogens (tertiary/aromatic N) is 2. The number of hydroxylamine groups is 1. The first-order valence-electron chi connectivity index (χ1n) is 9.94. The molecule has 0 aliphatic rings. The number of nitrogens with one attached hydrogen (secondary N) is 1. The summed E-state index contributed by atoms with van der Waals surface area (Å²) in [5.41, 5.74) is 1.27. The highest BCUT2D eigenvalue weighted by Crippen LogP contribution is 2.08. The first-order valence-corrected chi connectivity index (χ1v) is 9.94. The summed E-state index contributed by atoms with van der Waals surface area (Å²) >= 11 is 0. The van der Waals surface area contributed by atoms with Crippen LogP contribution in [-0.2, 0) is 11.4 Å². The molecule has 0 spiro atoms. The molecule has 29 heavy (non-hydrogen) atoms. The lowest BCUT2D eigenvalue weighted by Crippen LogP contribution is -2.26. The van der Waals surface area contributed by atoms with Crippen molar-refractivity contribution in [1.29, 1.82) is 0 Å². The molecule has 0 bridgehead atoms. The molecule has 0 fully saturated rings. The van der Waals surface area contributed by atoms with Crippen molar-refractivity contribution < 1.29 is 13.6 Å². The molecule has 0 saturated heterocycles. The lowest BCUT2D eigenvalue weighted by atomic mass is 10.1. The normalized spacial score (nSPS) is 10.7. The molecule has 1 unspecified atom stereocenters. The van der Waals surface area contributed by atoms with Gasteiger partial charge in [-0.15, -0.1) is 10.1 Å². The van der Waals surface area contributed by atoms with Crippen molar-refractivity contribution in [2.75, 3.05) is 13.6 Å². The van der Waals surface area contributed by atoms with Crippen molar-refractivity contribution >= 4 is 0 Å². The third-order valence-corrected chi connectivity index (χ3v) is 3.63. The van der Waals surface area contributed by atoms with Crippen LogP contribution < -0.4 is 5.32 Å². The Balaban J connectivity index is 0.000000649. The summed E-state index contributed by atoms with van der Waals surface area (Å²) in [6, 6.07) is 14.8. The minimum atomic E-state index is -0.537. The average molecular weight is 410 g/mol. The number of rotatable bonds is 10. The van der Waals surface area contributed by atoms with E-state index in [4.69, 9.17) is 4.84 Å². The van der Waals surface area contributed by atoms with Crippen LogP contribution in [0.25, 0.3) is 0 Å². The van der Waals surface area contributed by atoms with Crippen molar-refractivity contribution in [1.82, 2.24) is 10.5 Å². The van der Waals surface area contributed by atoms with Gasteiger partial charge in [0.15, 0.2) is 0 Å². The van der Waals surface area contributed by atoms with Gasteiger partial charge < -0.3 is 5.32 Å². The van der Waals surface area contributed by atoms with Gasteiger partial charge in [-0.25, -0.2) is 8.78 Å². The van der Waals surface area contributed by atoms with Crippen molar-refractivity contribution in [2.24, 2.45) is 5.29 Å². The number of halogens is 2. The lowest BCUT2D eigenvalue weighted by Gasteiger charge is -2.19. The molecule has 0 aromatic heterocycles. The highest BCUT2D eigenvalue weighted by Gasteiger charge is 2.11. The summed E-state index contributed by atoms with van der Waals surface area (Å²) in [5, 5.41) is 7.10. The van der Waals surface area contributed by atoms with Crippen LogP contribution in [0.4, 0.5) is 8.78 Å². The van der Waals surface area contributed by atoms with E-state index in [-0.39, 0.29) is 6.10 Å². The molecule has 2 aromatic rings. The summed E-state index contributed by atoms with van der Waals surface area (Å²) in [6.45, 7) is 7.80. The van der Waals surface area contributed by atoms with Gasteiger partial charge in [-0.05, 0) is 37.1 Å². The molecular weight excluding hydrogens is 376 g/mol. The molecule has 2 aromatic carbocycles. The monoisotopic (exact) mass is 409 g/mol. The number of hydrogen-bond donors (Lipinski definition) is 1. The van der Waals surface area contributed by atoms with Crippen LogP contribution >= 0.6 is 0 Å². The number of nitroso groups, excluding NO2 is 1. The molecule has 2 rings (SSSR count). The Morgan fingerprint density at radius 3 is 2.14 bits per heavy atom. The van der Waals surface area contributed by atoms with E-state index in [1.54, 1.807) is 0 Å². The largest absolute Gasteiger partial charge is 0.313 e. The molecule has 0 saturated carbocycles. The van der Waals surface area contributed by atoms with Crippen LogP contribution in [0.15, 0.2) is 59.9 Å². The third-order valence-electron chi connectivity index (χ3n) is 3.63. The van der Waals surface area contributed by atoms with Crippen molar-refractivity contribution in [2.45, 2.75) is 52.7 Å². The van der Waals surface area contributed by atoms with Gasteiger partial charge in [0.25, 0.3) is 0 Å². The molecule has 0 aliphatic heterocycles. The Morgan fingerprint density at radius 2 is 1.66 bits per heavy atom. The molecule has 1 N–H and O–H groups in total. The van der Waals surface area contributed by atoms with Crippen LogP contribution in [0.1, 0.15) is 45.6 Å². The summed E-state index contributed by atoms with van der Waals surface area (Å²) in [5.74, 6) is -1.07. The second kappa shape index (κ2) is 17.7. The fourth-order valence-corrected chi connectivity index (χ4v) is 2.36. The van der Waals surface area contributed by atoms with Gasteiger partial charge in [-0.2, -0.15) is 0 Å². The summed E-state index contributed by atoms with van der Waals surface area (Å²) in [7, 11) is 1.52. The molecule has 0 radical (unpaired) electrons. The van der Waals surface area contributed by atoms with Crippen molar-refractivity contribution in [3.05, 3.63) is 76.7 Å². The van der Waals surface area contributed by atoms with E-state index in [9.17, 15) is 13.7 Å². The Bertz CT molecular complexity index is 628. The SMILES string of the molecule is CC.CCCC(CCNCc1ccccc1)ON(C)N=O.Fc1cccc(F)c1. The Morgan fingerprint density at radius 1 is 1.03 bits per heavy atom. The zero-order valence-electron chi connectivity index (χ0n) is 17.8. The van der Waals surface area contributed by atoms with Crippen molar-refractivity contribution in [3.8, 4) is 0 Å². The van der Waals surface area contributed by atoms with E-state index >= 15 is 0 Å². The van der Waals surface area contributed by atoms with E-state index in [0.717, 1.165) is 43.6 Å². The maximum Gasteiger partial charge on any atom is 0.126 e. The minimum Gasteiger partial charge on any atom is -0.313 e. The Kier molecular flexibility index (Phi) is 16.2. The zero-order valence-corrected chi connectivity index (χ0v) is 17.8. The van der Waals surface area contributed by atoms with Gasteiger partial charge in [0.1, 0.15) is 11.6 Å². The average Bonchev–Trinajstić information content (AvgIpc) is 2.73. The van der Waals surface area contributed by atoms with Crippen LogP contribution in [-0.4, -0.2) is 24.9 Å². The molecule has 0 amide bonds. The van der Waals surface area contributed by atoms with Crippen LogP contribution in [0.3, 0.4) is 0 Å². The number of hydrogen-bond acceptors (Lipinski definition) is 4. The van der Waals surface area contributed by atoms with Crippen LogP contribution in [0.5, 0.6) is 0 Å². The predicted molar refractivity (Wildman–Crippen MR) is 114 cm³/mol. The summed E-state index contributed by atoms with van der Waals surface area (Å²) in [4.78, 5) is 15.7. The van der Waals surface area contributed by atoms with Gasteiger partial charge in [0, 0.05) is 12.6 Å². The fraction of sp³-hybridized carbons (Fsp3) is 0.455. The second-order valence-corrected chi connectivity index (χ2v) is 5.95. The van der Waals surface area contributed by atoms with Gasteiger partial charge in [-0.1, -0.05) is 63.6 Å². The van der Waals surface area contributed by atoms with Crippen LogP contribution in [0.2, 0.25) is 0 Å². The maximum atomic E-state index is 11.9. The summed E-state index contributed by atoms with van der Waals surface area (Å²) in [6.07, 6.45) is 2.85. The Labute approximate surface area is 173 Å². The maximum absolute atomic E-state index is 11.9. The first kappa shape index (κ1) is 26.6. The first-order chi connectivity index (χ1) is 14.0. The van der Waals surface area contributed by atoms with E-state index in [0.29, 0.717) is 0 Å². The molecule has 5 nitrogen and oxygen atoms in total. The molecule has 7 heteroatoms. The quantitative estimate of drug-likeness (QED) is 0.303. The van der Waals surface area contributed by atoms with Crippen LogP contribution in [0, 0.1) is 16.5 Å². The highest BCUT2D eigenvalue weighted by atomic mass is 19.1. The number of benzene rings is 2. The van der Waals surface area contributed by atoms with E-state index in [1.807, 2.05) is 32.0 Å².